The number of alkyl halides is 2. The van der Waals surface area contributed by atoms with Gasteiger partial charge in [-0.2, -0.15) is 8.78 Å². The van der Waals surface area contributed by atoms with E-state index >= 15 is 0 Å². The van der Waals surface area contributed by atoms with Crippen LogP contribution >= 0.6 is 0 Å². The number of hydrogen-bond acceptors (Lipinski definition) is 5. The molecule has 25 heavy (non-hydrogen) atoms. The molecule has 0 spiro atoms. The third-order valence-electron chi connectivity index (χ3n) is 3.83. The molecule has 134 valence electrons. The van der Waals surface area contributed by atoms with Crippen LogP contribution in [-0.4, -0.2) is 26.6 Å². The molecule has 0 unspecified atom stereocenters. The van der Waals surface area contributed by atoms with E-state index in [4.69, 9.17) is 0 Å². The molecule has 0 radical (unpaired) electrons. The van der Waals surface area contributed by atoms with Gasteiger partial charge in [-0.15, -0.1) is 0 Å². The summed E-state index contributed by atoms with van der Waals surface area (Å²) in [6, 6.07) is 5.44. The average Bonchev–Trinajstić information content (AvgIpc) is 2.53. The van der Waals surface area contributed by atoms with Gasteiger partial charge in [-0.05, 0) is 42.3 Å². The summed E-state index contributed by atoms with van der Waals surface area (Å²) in [7, 11) is -3.87. The number of aromatic nitrogens is 1. The number of benzene rings is 1. The predicted molar refractivity (Wildman–Crippen MR) is 88.3 cm³/mol. The van der Waals surface area contributed by atoms with Crippen molar-refractivity contribution in [3.63, 3.8) is 0 Å². The highest BCUT2D eigenvalue weighted by Gasteiger charge is 2.19. The topological polar surface area (TPSA) is 80.3 Å². The van der Waals surface area contributed by atoms with Crippen LogP contribution in [0.5, 0.6) is 5.75 Å². The number of anilines is 1. The average molecular weight is 369 g/mol. The highest BCUT2D eigenvalue weighted by atomic mass is 32.2. The molecule has 0 aliphatic carbocycles. The maximum Gasteiger partial charge on any atom is 0.387 e. The molecular formula is C16H17F2N3O3S. The smallest absolute Gasteiger partial charge is 0.387 e. The van der Waals surface area contributed by atoms with Crippen molar-refractivity contribution < 1.29 is 21.9 Å². The molecule has 6 nitrogen and oxygen atoms in total. The first-order valence-corrected chi connectivity index (χ1v) is 9.10. The molecule has 2 N–H and O–H groups in total. The predicted octanol–water partition coefficient (Wildman–Crippen LogP) is 2.44. The third kappa shape index (κ3) is 4.05. The zero-order valence-corrected chi connectivity index (χ0v) is 14.2. The molecule has 9 heteroatoms. The van der Waals surface area contributed by atoms with E-state index in [0.717, 1.165) is 24.2 Å². The second-order valence-electron chi connectivity index (χ2n) is 5.67. The third-order valence-corrected chi connectivity index (χ3v) is 5.37. The number of ether oxygens (including phenoxy) is 1. The van der Waals surface area contributed by atoms with E-state index in [1.54, 1.807) is 6.07 Å². The summed E-state index contributed by atoms with van der Waals surface area (Å²) < 4.78 is 56.4. The van der Waals surface area contributed by atoms with Crippen LogP contribution in [0.2, 0.25) is 0 Å². The Balaban J connectivity index is 1.84. The van der Waals surface area contributed by atoms with E-state index in [2.05, 4.69) is 19.8 Å². The minimum Gasteiger partial charge on any atom is -0.435 e. The molecule has 1 aliphatic heterocycles. The Morgan fingerprint density at radius 1 is 1.32 bits per heavy atom. The van der Waals surface area contributed by atoms with Gasteiger partial charge in [0, 0.05) is 25.2 Å². The van der Waals surface area contributed by atoms with Crippen LogP contribution in [-0.2, 0) is 23.0 Å². The molecule has 1 aromatic carbocycles. The molecule has 2 heterocycles. The molecule has 0 saturated heterocycles. The number of rotatable bonds is 5. The number of nitrogens with one attached hydrogen (secondary N) is 2. The molecule has 0 saturated carbocycles. The largest absolute Gasteiger partial charge is 0.435 e. The van der Waals surface area contributed by atoms with E-state index in [9.17, 15) is 17.2 Å². The Bertz CT molecular complexity index is 888. The van der Waals surface area contributed by atoms with E-state index in [0.29, 0.717) is 17.8 Å². The Labute approximate surface area is 144 Å². The zero-order valence-electron chi connectivity index (χ0n) is 13.4. The van der Waals surface area contributed by atoms with Gasteiger partial charge in [0.05, 0.1) is 16.8 Å². The molecule has 0 atom stereocenters. The maximum atomic E-state index is 12.6. The zero-order chi connectivity index (χ0) is 18.0. The van der Waals surface area contributed by atoms with Gasteiger partial charge in [-0.25, -0.2) is 8.42 Å². The van der Waals surface area contributed by atoms with Crippen molar-refractivity contribution in [2.45, 2.75) is 31.4 Å². The summed E-state index contributed by atoms with van der Waals surface area (Å²) in [6.07, 6.45) is 2.28. The van der Waals surface area contributed by atoms with E-state index in [1.807, 2.05) is 0 Å². The van der Waals surface area contributed by atoms with Crippen LogP contribution < -0.4 is 14.8 Å². The molecule has 2 aromatic rings. The Morgan fingerprint density at radius 2 is 2.12 bits per heavy atom. The maximum absolute atomic E-state index is 12.6. The van der Waals surface area contributed by atoms with Crippen molar-refractivity contribution in [1.82, 2.24) is 10.3 Å². The van der Waals surface area contributed by atoms with E-state index in [1.165, 1.54) is 31.3 Å². The van der Waals surface area contributed by atoms with Crippen LogP contribution in [0.1, 0.15) is 16.8 Å². The molecule has 3 rings (SSSR count). The number of pyridine rings is 1. The van der Waals surface area contributed by atoms with E-state index in [-0.39, 0.29) is 10.6 Å². The summed E-state index contributed by atoms with van der Waals surface area (Å²) in [5.41, 5.74) is 2.56. The number of aryl methyl sites for hydroxylation is 1. The number of fused-ring (bicyclic) bond motifs is 1. The van der Waals surface area contributed by atoms with Crippen LogP contribution in [0.4, 0.5) is 14.5 Å². The number of sulfonamides is 1. The number of nitrogens with zero attached hydrogens (tertiary/aromatic N) is 1. The van der Waals surface area contributed by atoms with Gasteiger partial charge in [-0.3, -0.25) is 9.71 Å². The fourth-order valence-electron chi connectivity index (χ4n) is 2.71. The fraction of sp³-hybridized carbons (Fsp3) is 0.312. The Morgan fingerprint density at radius 3 is 2.84 bits per heavy atom. The number of hydrogen-bond donors (Lipinski definition) is 2. The van der Waals surface area contributed by atoms with Crippen molar-refractivity contribution >= 4 is 15.7 Å². The van der Waals surface area contributed by atoms with E-state index < -0.39 is 16.6 Å². The van der Waals surface area contributed by atoms with Crippen molar-refractivity contribution in [1.29, 1.82) is 0 Å². The van der Waals surface area contributed by atoms with Gasteiger partial charge in [0.15, 0.2) is 0 Å². The first-order chi connectivity index (χ1) is 11.8. The monoisotopic (exact) mass is 369 g/mol. The minimum atomic E-state index is -3.87. The van der Waals surface area contributed by atoms with Crippen LogP contribution in [0.15, 0.2) is 35.4 Å². The van der Waals surface area contributed by atoms with Crippen molar-refractivity contribution in [3.8, 4) is 5.75 Å². The van der Waals surface area contributed by atoms with Crippen molar-refractivity contribution in [2.24, 2.45) is 0 Å². The second-order valence-corrected chi connectivity index (χ2v) is 7.32. The Hall–Kier alpha value is -2.26. The summed E-state index contributed by atoms with van der Waals surface area (Å²) in [5.74, 6) is -0.0898. The first kappa shape index (κ1) is 17.6. The highest BCUT2D eigenvalue weighted by Crippen LogP contribution is 2.25. The summed E-state index contributed by atoms with van der Waals surface area (Å²) in [4.78, 5) is 4.29. The summed E-state index contributed by atoms with van der Waals surface area (Å²) >= 11 is 0. The van der Waals surface area contributed by atoms with Gasteiger partial charge in [0.25, 0.3) is 10.0 Å². The molecular weight excluding hydrogens is 352 g/mol. The normalized spacial score (nSPS) is 14.2. The van der Waals surface area contributed by atoms with Gasteiger partial charge in [-0.1, -0.05) is 0 Å². The molecule has 1 aromatic heterocycles. The second kappa shape index (κ2) is 6.93. The molecule has 1 aliphatic rings. The lowest BCUT2D eigenvalue weighted by atomic mass is 10.1. The lowest BCUT2D eigenvalue weighted by molar-refractivity contribution is -0.0499. The van der Waals surface area contributed by atoms with Crippen molar-refractivity contribution in [3.05, 3.63) is 47.3 Å². The van der Waals surface area contributed by atoms with Gasteiger partial charge in [0.2, 0.25) is 0 Å². The molecule has 0 fully saturated rings. The van der Waals surface area contributed by atoms with Crippen LogP contribution in [0, 0.1) is 6.92 Å². The fourth-order valence-corrected chi connectivity index (χ4v) is 3.97. The molecule has 0 amide bonds. The standard InChI is InChI=1S/C16H17F2N3O3S/c1-10-6-13(24-16(17)18)2-3-15(10)25(22,23)21-12-7-11-8-19-5-4-14(11)20-9-12/h2-3,6-7,9,16,19,21H,4-5,8H2,1H3. The number of halogens is 2. The lowest BCUT2D eigenvalue weighted by Crippen LogP contribution is -2.25. The van der Waals surface area contributed by atoms with Gasteiger partial charge < -0.3 is 10.1 Å². The minimum absolute atomic E-state index is 0.00929. The summed E-state index contributed by atoms with van der Waals surface area (Å²) in [5, 5.41) is 3.20. The van der Waals surface area contributed by atoms with Gasteiger partial charge in [0.1, 0.15) is 5.75 Å². The quantitative estimate of drug-likeness (QED) is 0.846. The van der Waals surface area contributed by atoms with Gasteiger partial charge >= 0.3 is 6.61 Å². The highest BCUT2D eigenvalue weighted by molar-refractivity contribution is 7.92. The van der Waals surface area contributed by atoms with Crippen LogP contribution in [0.25, 0.3) is 0 Å². The first-order valence-electron chi connectivity index (χ1n) is 7.62. The SMILES string of the molecule is Cc1cc(OC(F)F)ccc1S(=O)(=O)Nc1cnc2c(c1)CNCC2. The molecule has 0 bridgehead atoms. The Kier molecular flexibility index (Phi) is 4.87. The van der Waals surface area contributed by atoms with Crippen LogP contribution in [0.3, 0.4) is 0 Å². The lowest BCUT2D eigenvalue weighted by Gasteiger charge is -2.17. The van der Waals surface area contributed by atoms with Crippen molar-refractivity contribution in [2.75, 3.05) is 11.3 Å². The summed E-state index contributed by atoms with van der Waals surface area (Å²) in [6.45, 7) is 0.0330.